The second-order valence-corrected chi connectivity index (χ2v) is 5.12. The van der Waals surface area contributed by atoms with Gasteiger partial charge in [0.15, 0.2) is 0 Å². The lowest BCUT2D eigenvalue weighted by atomic mass is 10.1. The summed E-state index contributed by atoms with van der Waals surface area (Å²) in [6, 6.07) is 8.63. The Hall–Kier alpha value is -0.380. The number of fused-ring (bicyclic) bond motifs is 1. The maximum Gasteiger partial charge on any atom is 0.0539 e. The van der Waals surface area contributed by atoms with Crippen molar-refractivity contribution in [2.24, 2.45) is 0 Å². The molecule has 0 N–H and O–H groups in total. The van der Waals surface area contributed by atoms with Crippen molar-refractivity contribution in [2.75, 3.05) is 19.0 Å². The Kier molecular flexibility index (Phi) is 3.78. The molecule has 1 aromatic carbocycles. The number of halogens is 1. The molecule has 0 unspecified atom stereocenters. The smallest absolute Gasteiger partial charge is 0.0539 e. The van der Waals surface area contributed by atoms with Gasteiger partial charge in [0.25, 0.3) is 0 Å². The summed E-state index contributed by atoms with van der Waals surface area (Å²) < 4.78 is 1.40. The zero-order valence-electron chi connectivity index (χ0n) is 8.74. The highest BCUT2D eigenvalue weighted by molar-refractivity contribution is 9.09. The van der Waals surface area contributed by atoms with Crippen molar-refractivity contribution in [3.8, 4) is 0 Å². The normalized spacial score (nSPS) is 11.4. The second-order valence-electron chi connectivity index (χ2n) is 3.71. The van der Waals surface area contributed by atoms with E-state index in [4.69, 9.17) is 0 Å². The number of likely N-dealkylation sites (N-methyl/N-ethyl adjacent to an activating group) is 1. The maximum absolute atomic E-state index is 3.46. The van der Waals surface area contributed by atoms with E-state index in [1.807, 2.05) is 11.3 Å². The van der Waals surface area contributed by atoms with E-state index < -0.39 is 0 Å². The Morgan fingerprint density at radius 1 is 1.33 bits per heavy atom. The lowest BCUT2D eigenvalue weighted by Gasteiger charge is -2.11. The first-order valence-electron chi connectivity index (χ1n) is 5.01. The van der Waals surface area contributed by atoms with Crippen molar-refractivity contribution in [1.82, 2.24) is 4.90 Å². The van der Waals surface area contributed by atoms with E-state index in [2.05, 4.69) is 57.5 Å². The topological polar surface area (TPSA) is 3.24 Å². The SMILES string of the molecule is CN(CBr)CCc1csc2ccccc12. The van der Waals surface area contributed by atoms with E-state index in [1.54, 1.807) is 0 Å². The Labute approximate surface area is 103 Å². The molecule has 0 radical (unpaired) electrons. The maximum atomic E-state index is 3.46. The van der Waals surface area contributed by atoms with Crippen LogP contribution in [0.5, 0.6) is 0 Å². The average Bonchev–Trinajstić information content (AvgIpc) is 2.69. The largest absolute Gasteiger partial charge is 0.296 e. The van der Waals surface area contributed by atoms with Crippen LogP contribution >= 0.6 is 27.3 Å². The molecule has 80 valence electrons. The molecule has 0 fully saturated rings. The molecule has 1 aromatic heterocycles. The van der Waals surface area contributed by atoms with Crippen LogP contribution in [-0.2, 0) is 6.42 Å². The minimum atomic E-state index is 0.940. The molecule has 3 heteroatoms. The van der Waals surface area contributed by atoms with Crippen LogP contribution in [0, 0.1) is 0 Å². The third-order valence-electron chi connectivity index (χ3n) is 2.53. The summed E-state index contributed by atoms with van der Waals surface area (Å²) in [6.07, 6.45) is 1.13. The van der Waals surface area contributed by atoms with E-state index >= 15 is 0 Å². The van der Waals surface area contributed by atoms with Gasteiger partial charge in [-0.3, -0.25) is 4.90 Å². The highest BCUT2D eigenvalue weighted by Gasteiger charge is 2.04. The summed E-state index contributed by atoms with van der Waals surface area (Å²) in [5.74, 6) is 0. The number of alkyl halides is 1. The Morgan fingerprint density at radius 2 is 2.13 bits per heavy atom. The van der Waals surface area contributed by atoms with Gasteiger partial charge >= 0.3 is 0 Å². The summed E-state index contributed by atoms with van der Waals surface area (Å²) in [7, 11) is 2.13. The minimum Gasteiger partial charge on any atom is -0.296 e. The van der Waals surface area contributed by atoms with Crippen LogP contribution < -0.4 is 0 Å². The van der Waals surface area contributed by atoms with Crippen molar-refractivity contribution in [1.29, 1.82) is 0 Å². The molecule has 0 saturated carbocycles. The molecule has 0 aliphatic heterocycles. The van der Waals surface area contributed by atoms with Crippen LogP contribution in [0.2, 0.25) is 0 Å². The van der Waals surface area contributed by atoms with Crippen molar-refractivity contribution >= 4 is 37.4 Å². The van der Waals surface area contributed by atoms with Gasteiger partial charge in [-0.25, -0.2) is 0 Å². The summed E-state index contributed by atoms with van der Waals surface area (Å²) in [5, 5.41) is 3.71. The van der Waals surface area contributed by atoms with E-state index in [-0.39, 0.29) is 0 Å². The molecule has 0 spiro atoms. The molecule has 2 rings (SSSR count). The fourth-order valence-corrected chi connectivity index (χ4v) is 2.85. The molecular weight excluding hydrogens is 270 g/mol. The fourth-order valence-electron chi connectivity index (χ4n) is 1.60. The molecule has 0 aliphatic rings. The molecule has 2 aromatic rings. The first kappa shape index (κ1) is 11.1. The summed E-state index contributed by atoms with van der Waals surface area (Å²) in [4.78, 5) is 2.27. The van der Waals surface area contributed by atoms with Gasteiger partial charge in [-0.2, -0.15) is 0 Å². The molecule has 0 saturated heterocycles. The molecular formula is C12H14BrNS. The van der Waals surface area contributed by atoms with Crippen LogP contribution in [0.3, 0.4) is 0 Å². The number of thiophene rings is 1. The zero-order valence-corrected chi connectivity index (χ0v) is 11.1. The summed E-state index contributed by atoms with van der Waals surface area (Å²) >= 11 is 5.30. The number of benzene rings is 1. The van der Waals surface area contributed by atoms with E-state index in [0.29, 0.717) is 0 Å². The number of hydrogen-bond donors (Lipinski definition) is 0. The van der Waals surface area contributed by atoms with Crippen molar-refractivity contribution in [3.63, 3.8) is 0 Å². The molecule has 1 heterocycles. The van der Waals surface area contributed by atoms with E-state index in [9.17, 15) is 0 Å². The fraction of sp³-hybridized carbons (Fsp3) is 0.333. The molecule has 0 amide bonds. The Balaban J connectivity index is 2.14. The first-order chi connectivity index (χ1) is 7.31. The molecule has 0 bridgehead atoms. The summed E-state index contributed by atoms with van der Waals surface area (Å²) in [6.45, 7) is 1.10. The monoisotopic (exact) mass is 283 g/mol. The second kappa shape index (κ2) is 5.10. The van der Waals surface area contributed by atoms with Crippen molar-refractivity contribution in [3.05, 3.63) is 35.2 Å². The van der Waals surface area contributed by atoms with Gasteiger partial charge in [0.05, 0.1) is 5.45 Å². The highest BCUT2D eigenvalue weighted by atomic mass is 79.9. The standard InChI is InChI=1S/C12H14BrNS/c1-14(9-13)7-6-10-8-15-12-5-3-2-4-11(10)12/h2-5,8H,6-7,9H2,1H3. The number of hydrogen-bond acceptors (Lipinski definition) is 2. The van der Waals surface area contributed by atoms with Gasteiger partial charge in [0.1, 0.15) is 0 Å². The van der Waals surface area contributed by atoms with Crippen molar-refractivity contribution in [2.45, 2.75) is 6.42 Å². The lowest BCUT2D eigenvalue weighted by Crippen LogP contribution is -2.18. The Morgan fingerprint density at radius 3 is 2.93 bits per heavy atom. The van der Waals surface area contributed by atoms with Gasteiger partial charge in [0, 0.05) is 11.2 Å². The predicted molar refractivity (Wildman–Crippen MR) is 72.0 cm³/mol. The predicted octanol–water partition coefficient (Wildman–Crippen LogP) is 3.73. The lowest BCUT2D eigenvalue weighted by molar-refractivity contribution is 0.402. The summed E-state index contributed by atoms with van der Waals surface area (Å²) in [5.41, 5.74) is 2.41. The molecule has 15 heavy (non-hydrogen) atoms. The highest BCUT2D eigenvalue weighted by Crippen LogP contribution is 2.25. The van der Waals surface area contributed by atoms with Gasteiger partial charge in [-0.15, -0.1) is 11.3 Å². The third kappa shape index (κ3) is 2.60. The van der Waals surface area contributed by atoms with Crippen LogP contribution in [0.25, 0.3) is 10.1 Å². The van der Waals surface area contributed by atoms with Crippen LogP contribution in [0.4, 0.5) is 0 Å². The minimum absolute atomic E-state index is 0.940. The van der Waals surface area contributed by atoms with Crippen LogP contribution in [0.1, 0.15) is 5.56 Å². The molecule has 0 aliphatic carbocycles. The number of nitrogens with zero attached hydrogens (tertiary/aromatic N) is 1. The van der Waals surface area contributed by atoms with E-state index in [0.717, 1.165) is 18.4 Å². The van der Waals surface area contributed by atoms with Gasteiger partial charge < -0.3 is 0 Å². The van der Waals surface area contributed by atoms with E-state index in [1.165, 1.54) is 15.6 Å². The molecule has 1 nitrogen and oxygen atoms in total. The van der Waals surface area contributed by atoms with Crippen LogP contribution in [0.15, 0.2) is 29.6 Å². The van der Waals surface area contributed by atoms with Gasteiger partial charge in [0.2, 0.25) is 0 Å². The zero-order chi connectivity index (χ0) is 10.7. The molecule has 0 atom stereocenters. The quantitative estimate of drug-likeness (QED) is 0.611. The Bertz CT molecular complexity index is 438. The van der Waals surface area contributed by atoms with Crippen molar-refractivity contribution < 1.29 is 0 Å². The third-order valence-corrected chi connectivity index (χ3v) is 4.40. The first-order valence-corrected chi connectivity index (χ1v) is 7.01. The number of rotatable bonds is 4. The van der Waals surface area contributed by atoms with Crippen LogP contribution in [-0.4, -0.2) is 23.9 Å². The van der Waals surface area contributed by atoms with Gasteiger partial charge in [-0.05, 0) is 35.9 Å². The van der Waals surface area contributed by atoms with Gasteiger partial charge in [-0.1, -0.05) is 34.1 Å². The average molecular weight is 284 g/mol.